The molecule has 0 unspecified atom stereocenters. The summed E-state index contributed by atoms with van der Waals surface area (Å²) < 4.78 is 11.1. The lowest BCUT2D eigenvalue weighted by molar-refractivity contribution is -0.137. The zero-order valence-corrected chi connectivity index (χ0v) is 17.5. The summed E-state index contributed by atoms with van der Waals surface area (Å²) in [6.07, 6.45) is 6.84. The summed E-state index contributed by atoms with van der Waals surface area (Å²) >= 11 is 0. The van der Waals surface area contributed by atoms with E-state index in [0.717, 1.165) is 44.6 Å². The van der Waals surface area contributed by atoms with Crippen LogP contribution in [-0.2, 0) is 16.0 Å². The van der Waals surface area contributed by atoms with Gasteiger partial charge in [0.05, 0.1) is 25.2 Å². The van der Waals surface area contributed by atoms with Crippen LogP contribution in [0.2, 0.25) is 0 Å². The SMILES string of the molecule is COc1ccc(CCN(CC2CCN(C)CC2)C(=O)[C@H]2[C@@H](N)[C@@H]3C=C[C@H]2O3)cc1. The molecule has 158 valence electrons. The summed E-state index contributed by atoms with van der Waals surface area (Å²) in [5, 5.41) is 0. The number of benzene rings is 1. The molecule has 4 atom stereocenters. The van der Waals surface area contributed by atoms with Crippen LogP contribution in [0.25, 0.3) is 0 Å². The average Bonchev–Trinajstić information content (AvgIpc) is 3.34. The third-order valence-electron chi connectivity index (χ3n) is 6.70. The first-order valence-corrected chi connectivity index (χ1v) is 10.7. The van der Waals surface area contributed by atoms with Crippen LogP contribution in [0.4, 0.5) is 0 Å². The van der Waals surface area contributed by atoms with Gasteiger partial charge in [-0.25, -0.2) is 0 Å². The molecule has 2 saturated heterocycles. The Morgan fingerprint density at radius 2 is 1.90 bits per heavy atom. The number of rotatable bonds is 7. The van der Waals surface area contributed by atoms with E-state index in [1.807, 2.05) is 24.3 Å². The molecular weight excluding hydrogens is 366 g/mol. The molecule has 3 aliphatic rings. The maximum atomic E-state index is 13.5. The lowest BCUT2D eigenvalue weighted by Gasteiger charge is -2.35. The number of carbonyl (C=O) groups excluding carboxylic acids is 1. The van der Waals surface area contributed by atoms with E-state index in [2.05, 4.69) is 29.0 Å². The summed E-state index contributed by atoms with van der Waals surface area (Å²) in [6, 6.07) is 7.86. The standard InChI is InChI=1S/C23H33N3O3/c1-25-12-9-17(10-13-25)15-26(14-11-16-3-5-18(28-2)6-4-16)23(27)21-19-7-8-20(29-19)22(21)24/h3-8,17,19-22H,9-15,24H2,1-2H3/t19-,20+,21-,22+/m1/s1. The summed E-state index contributed by atoms with van der Waals surface area (Å²) in [5.41, 5.74) is 7.56. The van der Waals surface area contributed by atoms with Crippen molar-refractivity contribution in [1.82, 2.24) is 9.80 Å². The fraction of sp³-hybridized carbons (Fsp3) is 0.609. The van der Waals surface area contributed by atoms with Crippen molar-refractivity contribution in [2.75, 3.05) is 40.3 Å². The second-order valence-corrected chi connectivity index (χ2v) is 8.68. The van der Waals surface area contributed by atoms with Gasteiger partial charge in [-0.15, -0.1) is 0 Å². The number of ether oxygens (including phenoxy) is 2. The topological polar surface area (TPSA) is 68.0 Å². The van der Waals surface area contributed by atoms with Gasteiger partial charge >= 0.3 is 0 Å². The predicted molar refractivity (Wildman–Crippen MR) is 113 cm³/mol. The Hall–Kier alpha value is -1.89. The molecule has 6 heteroatoms. The smallest absolute Gasteiger partial charge is 0.230 e. The second kappa shape index (κ2) is 8.86. The number of hydrogen-bond acceptors (Lipinski definition) is 5. The molecule has 2 N–H and O–H groups in total. The average molecular weight is 400 g/mol. The van der Waals surface area contributed by atoms with E-state index in [1.54, 1.807) is 7.11 Å². The lowest BCUT2D eigenvalue weighted by Crippen LogP contribution is -2.50. The van der Waals surface area contributed by atoms with E-state index < -0.39 is 0 Å². The fourth-order valence-electron chi connectivity index (χ4n) is 4.76. The first-order valence-electron chi connectivity index (χ1n) is 10.7. The van der Waals surface area contributed by atoms with Crippen LogP contribution in [0.1, 0.15) is 18.4 Å². The number of piperidine rings is 1. The number of nitrogens with zero attached hydrogens (tertiary/aromatic N) is 2. The Labute approximate surface area is 173 Å². The third kappa shape index (κ3) is 4.49. The van der Waals surface area contributed by atoms with E-state index >= 15 is 0 Å². The number of carbonyl (C=O) groups is 1. The van der Waals surface area contributed by atoms with Gasteiger partial charge in [-0.1, -0.05) is 24.3 Å². The highest BCUT2D eigenvalue weighted by atomic mass is 16.5. The molecule has 0 aliphatic carbocycles. The number of amides is 1. The summed E-state index contributed by atoms with van der Waals surface area (Å²) in [6.45, 7) is 3.73. The fourth-order valence-corrected chi connectivity index (χ4v) is 4.76. The molecule has 1 aromatic carbocycles. The number of methoxy groups -OCH3 is 1. The van der Waals surface area contributed by atoms with Crippen LogP contribution in [0, 0.1) is 11.8 Å². The molecule has 3 aliphatic heterocycles. The minimum Gasteiger partial charge on any atom is -0.497 e. The Morgan fingerprint density at radius 3 is 2.52 bits per heavy atom. The Morgan fingerprint density at radius 1 is 1.21 bits per heavy atom. The number of likely N-dealkylation sites (tertiary alicyclic amines) is 1. The number of fused-ring (bicyclic) bond motifs is 2. The van der Waals surface area contributed by atoms with Crippen molar-refractivity contribution in [3.8, 4) is 5.75 Å². The van der Waals surface area contributed by atoms with E-state index in [4.69, 9.17) is 15.2 Å². The molecule has 4 rings (SSSR count). The van der Waals surface area contributed by atoms with E-state index in [1.165, 1.54) is 5.56 Å². The molecule has 29 heavy (non-hydrogen) atoms. The summed E-state index contributed by atoms with van der Waals surface area (Å²) in [7, 11) is 3.84. The number of hydrogen-bond donors (Lipinski definition) is 1. The third-order valence-corrected chi connectivity index (χ3v) is 6.70. The highest BCUT2D eigenvalue weighted by Crippen LogP contribution is 2.34. The van der Waals surface area contributed by atoms with Gasteiger partial charge < -0.3 is 25.0 Å². The predicted octanol–water partition coefficient (Wildman–Crippen LogP) is 1.69. The molecule has 1 amide bonds. The minimum atomic E-state index is -0.257. The Kier molecular flexibility index (Phi) is 6.23. The number of nitrogens with two attached hydrogens (primary N) is 1. The Balaban J connectivity index is 1.44. The molecule has 1 aromatic rings. The zero-order valence-electron chi connectivity index (χ0n) is 17.5. The van der Waals surface area contributed by atoms with Crippen molar-refractivity contribution >= 4 is 5.91 Å². The van der Waals surface area contributed by atoms with E-state index in [9.17, 15) is 4.79 Å². The van der Waals surface area contributed by atoms with Crippen LogP contribution >= 0.6 is 0 Å². The highest BCUT2D eigenvalue weighted by molar-refractivity contribution is 5.81. The molecule has 6 nitrogen and oxygen atoms in total. The molecule has 2 fully saturated rings. The van der Waals surface area contributed by atoms with Gasteiger partial charge in [0.25, 0.3) is 0 Å². The maximum Gasteiger partial charge on any atom is 0.230 e. The van der Waals surface area contributed by atoms with Crippen molar-refractivity contribution in [1.29, 1.82) is 0 Å². The van der Waals surface area contributed by atoms with Gasteiger partial charge in [0.15, 0.2) is 0 Å². The summed E-state index contributed by atoms with van der Waals surface area (Å²) in [5.74, 6) is 1.30. The molecule has 0 radical (unpaired) electrons. The first kappa shape index (κ1) is 20.4. The van der Waals surface area contributed by atoms with E-state index in [-0.39, 0.29) is 30.1 Å². The Bertz CT molecular complexity index is 727. The highest BCUT2D eigenvalue weighted by Gasteiger charge is 2.49. The van der Waals surface area contributed by atoms with Gasteiger partial charge in [0.1, 0.15) is 5.75 Å². The first-order chi connectivity index (χ1) is 14.0. The van der Waals surface area contributed by atoms with Crippen molar-refractivity contribution in [2.24, 2.45) is 17.6 Å². The second-order valence-electron chi connectivity index (χ2n) is 8.68. The van der Waals surface area contributed by atoms with Crippen LogP contribution in [0.15, 0.2) is 36.4 Å². The van der Waals surface area contributed by atoms with Gasteiger partial charge in [-0.2, -0.15) is 0 Å². The van der Waals surface area contributed by atoms with Crippen molar-refractivity contribution < 1.29 is 14.3 Å². The molecule has 0 aromatic heterocycles. The lowest BCUT2D eigenvalue weighted by atomic mass is 9.87. The largest absolute Gasteiger partial charge is 0.497 e. The van der Waals surface area contributed by atoms with Gasteiger partial charge in [0, 0.05) is 19.1 Å². The normalized spacial score (nSPS) is 29.3. The minimum absolute atomic E-state index is 0.110. The van der Waals surface area contributed by atoms with Crippen LogP contribution in [0.5, 0.6) is 5.75 Å². The van der Waals surface area contributed by atoms with Crippen molar-refractivity contribution in [3.63, 3.8) is 0 Å². The van der Waals surface area contributed by atoms with Crippen molar-refractivity contribution in [2.45, 2.75) is 37.5 Å². The maximum absolute atomic E-state index is 13.5. The van der Waals surface area contributed by atoms with Gasteiger partial charge in [0.2, 0.25) is 5.91 Å². The van der Waals surface area contributed by atoms with Crippen LogP contribution < -0.4 is 10.5 Å². The molecule has 0 spiro atoms. The van der Waals surface area contributed by atoms with Crippen molar-refractivity contribution in [3.05, 3.63) is 42.0 Å². The zero-order chi connectivity index (χ0) is 20.4. The molecular formula is C23H33N3O3. The summed E-state index contributed by atoms with van der Waals surface area (Å²) in [4.78, 5) is 17.9. The molecule has 2 bridgehead atoms. The van der Waals surface area contributed by atoms with Crippen LogP contribution in [-0.4, -0.2) is 74.3 Å². The van der Waals surface area contributed by atoms with Gasteiger partial charge in [-0.3, -0.25) is 4.79 Å². The molecule has 0 saturated carbocycles. The monoisotopic (exact) mass is 399 g/mol. The molecule has 3 heterocycles. The van der Waals surface area contributed by atoms with Gasteiger partial charge in [-0.05, 0) is 63.0 Å². The van der Waals surface area contributed by atoms with E-state index in [0.29, 0.717) is 12.5 Å². The quantitative estimate of drug-likeness (QED) is 0.707. The van der Waals surface area contributed by atoms with Crippen LogP contribution in [0.3, 0.4) is 0 Å².